The smallest absolute Gasteiger partial charge is 0.125 e. The highest BCUT2D eigenvalue weighted by molar-refractivity contribution is 5.52. The van der Waals surface area contributed by atoms with Gasteiger partial charge in [0.05, 0.1) is 6.61 Å². The predicted octanol–water partition coefficient (Wildman–Crippen LogP) is 3.53. The number of ether oxygens (including phenoxy) is 1. The number of fused-ring (bicyclic) bond motifs is 1. The van der Waals surface area contributed by atoms with Crippen molar-refractivity contribution in [1.82, 2.24) is 4.90 Å². The van der Waals surface area contributed by atoms with Crippen LogP contribution < -0.4 is 10.5 Å². The summed E-state index contributed by atoms with van der Waals surface area (Å²) >= 11 is 0. The molecular weight excluding hydrogens is 260 g/mol. The van der Waals surface area contributed by atoms with E-state index in [4.69, 9.17) is 10.5 Å². The highest BCUT2D eigenvalue weighted by Gasteiger charge is 2.33. The molecule has 0 amide bonds. The van der Waals surface area contributed by atoms with Crippen LogP contribution in [0.5, 0.6) is 5.75 Å². The Kier molecular flexibility index (Phi) is 4.39. The number of rotatable bonds is 3. The lowest BCUT2D eigenvalue weighted by atomic mass is 9.84. The largest absolute Gasteiger partial charge is 0.493 e. The lowest BCUT2D eigenvalue weighted by molar-refractivity contribution is 0.0363. The fraction of sp³-hybridized carbons (Fsp3) is 0.667. The van der Waals surface area contributed by atoms with Crippen LogP contribution >= 0.6 is 0 Å². The van der Waals surface area contributed by atoms with Gasteiger partial charge < -0.3 is 10.5 Å². The minimum atomic E-state index is 0.690. The summed E-state index contributed by atoms with van der Waals surface area (Å²) < 4.78 is 6.23. The molecule has 0 bridgehead atoms. The highest BCUT2D eigenvalue weighted by Crippen LogP contribution is 2.32. The van der Waals surface area contributed by atoms with E-state index in [0.29, 0.717) is 5.92 Å². The second-order valence-electron chi connectivity index (χ2n) is 6.80. The van der Waals surface area contributed by atoms with E-state index in [-0.39, 0.29) is 0 Å². The van der Waals surface area contributed by atoms with Gasteiger partial charge in [-0.2, -0.15) is 0 Å². The van der Waals surface area contributed by atoms with Crippen LogP contribution in [0.1, 0.15) is 43.2 Å². The van der Waals surface area contributed by atoms with E-state index < -0.39 is 0 Å². The first-order valence-corrected chi connectivity index (χ1v) is 8.38. The maximum absolute atomic E-state index is 6.23. The number of hydrogen-bond donors (Lipinski definition) is 1. The molecule has 116 valence electrons. The number of nitrogens with two attached hydrogens (primary N) is 1. The van der Waals surface area contributed by atoms with Crippen molar-refractivity contribution in [3.63, 3.8) is 0 Å². The average Bonchev–Trinajstić information content (AvgIpc) is 2.46. The molecule has 0 spiro atoms. The van der Waals surface area contributed by atoms with Gasteiger partial charge in [0.15, 0.2) is 0 Å². The van der Waals surface area contributed by atoms with Crippen molar-refractivity contribution in [2.45, 2.75) is 52.0 Å². The molecule has 3 nitrogen and oxygen atoms in total. The van der Waals surface area contributed by atoms with Crippen molar-refractivity contribution in [3.8, 4) is 5.75 Å². The molecule has 2 aliphatic heterocycles. The summed E-state index contributed by atoms with van der Waals surface area (Å²) in [5.74, 6) is 1.73. The lowest BCUT2D eigenvalue weighted by Crippen LogP contribution is -2.49. The molecule has 1 aromatic rings. The summed E-state index contributed by atoms with van der Waals surface area (Å²) in [5, 5.41) is 0. The summed E-state index contributed by atoms with van der Waals surface area (Å²) in [6.07, 6.45) is 6.75. The Morgan fingerprint density at radius 2 is 1.81 bits per heavy atom. The van der Waals surface area contributed by atoms with Gasteiger partial charge in [-0.25, -0.2) is 0 Å². The molecule has 3 rings (SSSR count). The van der Waals surface area contributed by atoms with Crippen molar-refractivity contribution >= 4 is 5.69 Å². The first-order chi connectivity index (χ1) is 10.1. The molecule has 2 saturated heterocycles. The van der Waals surface area contributed by atoms with Gasteiger partial charge in [0.2, 0.25) is 0 Å². The summed E-state index contributed by atoms with van der Waals surface area (Å²) in [6, 6.07) is 4.77. The Hall–Kier alpha value is -1.22. The Morgan fingerprint density at radius 1 is 1.10 bits per heavy atom. The lowest BCUT2D eigenvalue weighted by Gasteiger charge is -2.44. The standard InChI is InChI=1S/C18H28N2O/c1-13-10-16(19)11-14(2)18(13)21-12-15-6-5-9-20-8-4-3-7-17(15)20/h10-11,15,17H,3-9,12,19H2,1-2H3/t15-,17+/m0/s1. The van der Waals surface area contributed by atoms with Crippen LogP contribution in [0.4, 0.5) is 5.69 Å². The van der Waals surface area contributed by atoms with Crippen LogP contribution in [-0.2, 0) is 0 Å². The maximum atomic E-state index is 6.23. The third kappa shape index (κ3) is 3.18. The van der Waals surface area contributed by atoms with Gasteiger partial charge in [0.1, 0.15) is 5.75 Å². The number of benzene rings is 1. The van der Waals surface area contributed by atoms with Gasteiger partial charge in [-0.3, -0.25) is 4.90 Å². The van der Waals surface area contributed by atoms with Crippen LogP contribution in [0.15, 0.2) is 12.1 Å². The molecule has 0 unspecified atom stereocenters. The van der Waals surface area contributed by atoms with Crippen molar-refractivity contribution in [3.05, 3.63) is 23.3 Å². The van der Waals surface area contributed by atoms with E-state index >= 15 is 0 Å². The van der Waals surface area contributed by atoms with Crippen LogP contribution in [0, 0.1) is 19.8 Å². The van der Waals surface area contributed by atoms with E-state index in [1.807, 2.05) is 12.1 Å². The maximum Gasteiger partial charge on any atom is 0.125 e. The fourth-order valence-corrected chi connectivity index (χ4v) is 4.17. The van der Waals surface area contributed by atoms with Gasteiger partial charge in [-0.05, 0) is 75.9 Å². The first kappa shape index (κ1) is 14.7. The molecular formula is C18H28N2O. The first-order valence-electron chi connectivity index (χ1n) is 8.38. The Labute approximate surface area is 128 Å². The number of hydrogen-bond acceptors (Lipinski definition) is 3. The molecule has 3 heteroatoms. The van der Waals surface area contributed by atoms with E-state index in [1.54, 1.807) is 0 Å². The average molecular weight is 288 g/mol. The second kappa shape index (κ2) is 6.27. The molecule has 2 heterocycles. The molecule has 2 aliphatic rings. The molecule has 2 atom stereocenters. The zero-order valence-corrected chi connectivity index (χ0v) is 13.4. The predicted molar refractivity (Wildman–Crippen MR) is 87.8 cm³/mol. The van der Waals surface area contributed by atoms with Crippen LogP contribution in [0.25, 0.3) is 0 Å². The molecule has 1 aromatic carbocycles. The monoisotopic (exact) mass is 288 g/mol. The SMILES string of the molecule is Cc1cc(N)cc(C)c1OC[C@@H]1CCCN2CCCC[C@H]12. The Bertz CT molecular complexity index is 475. The number of anilines is 1. The molecule has 21 heavy (non-hydrogen) atoms. The number of piperidine rings is 2. The summed E-state index contributed by atoms with van der Waals surface area (Å²) in [4.78, 5) is 2.70. The minimum Gasteiger partial charge on any atom is -0.493 e. The van der Waals surface area contributed by atoms with E-state index in [1.165, 1.54) is 45.2 Å². The summed E-state index contributed by atoms with van der Waals surface area (Å²) in [6.45, 7) is 7.62. The molecule has 0 radical (unpaired) electrons. The highest BCUT2D eigenvalue weighted by atomic mass is 16.5. The van der Waals surface area contributed by atoms with E-state index in [2.05, 4.69) is 18.7 Å². The van der Waals surface area contributed by atoms with Gasteiger partial charge in [-0.15, -0.1) is 0 Å². The molecule has 0 aromatic heterocycles. The fourth-order valence-electron chi connectivity index (χ4n) is 4.17. The number of nitrogen functional groups attached to an aromatic ring is 1. The van der Waals surface area contributed by atoms with E-state index in [0.717, 1.165) is 35.2 Å². The van der Waals surface area contributed by atoms with Crippen molar-refractivity contribution in [2.24, 2.45) is 5.92 Å². The third-order valence-electron chi connectivity index (χ3n) is 5.15. The Balaban J connectivity index is 1.67. The van der Waals surface area contributed by atoms with Gasteiger partial charge in [-0.1, -0.05) is 6.42 Å². The summed E-state index contributed by atoms with van der Waals surface area (Å²) in [5.41, 5.74) is 9.03. The van der Waals surface area contributed by atoms with Crippen molar-refractivity contribution in [1.29, 1.82) is 0 Å². The topological polar surface area (TPSA) is 38.5 Å². The zero-order valence-electron chi connectivity index (χ0n) is 13.4. The number of nitrogens with zero attached hydrogens (tertiary/aromatic N) is 1. The second-order valence-corrected chi connectivity index (χ2v) is 6.80. The van der Waals surface area contributed by atoms with Crippen LogP contribution in [0.3, 0.4) is 0 Å². The van der Waals surface area contributed by atoms with Crippen LogP contribution in [0.2, 0.25) is 0 Å². The molecule has 0 aliphatic carbocycles. The normalized spacial score (nSPS) is 26.4. The quantitative estimate of drug-likeness (QED) is 0.865. The van der Waals surface area contributed by atoms with Gasteiger partial charge in [0, 0.05) is 17.6 Å². The molecule has 2 fully saturated rings. The minimum absolute atomic E-state index is 0.690. The van der Waals surface area contributed by atoms with Gasteiger partial charge in [0.25, 0.3) is 0 Å². The van der Waals surface area contributed by atoms with Crippen LogP contribution in [-0.4, -0.2) is 30.6 Å². The van der Waals surface area contributed by atoms with Crippen molar-refractivity contribution in [2.75, 3.05) is 25.4 Å². The molecule has 0 saturated carbocycles. The number of aryl methyl sites for hydroxylation is 2. The summed E-state index contributed by atoms with van der Waals surface area (Å²) in [7, 11) is 0. The third-order valence-corrected chi connectivity index (χ3v) is 5.15. The Morgan fingerprint density at radius 3 is 2.57 bits per heavy atom. The van der Waals surface area contributed by atoms with E-state index in [9.17, 15) is 0 Å². The molecule has 2 N–H and O–H groups in total. The van der Waals surface area contributed by atoms with Gasteiger partial charge >= 0.3 is 0 Å². The zero-order chi connectivity index (χ0) is 14.8. The van der Waals surface area contributed by atoms with Crippen molar-refractivity contribution < 1.29 is 4.74 Å².